The van der Waals surface area contributed by atoms with Gasteiger partial charge in [-0.15, -0.1) is 0 Å². The molecule has 1 aliphatic heterocycles. The van der Waals surface area contributed by atoms with Crippen LogP contribution in [0.4, 0.5) is 8.78 Å². The van der Waals surface area contributed by atoms with Gasteiger partial charge in [-0.25, -0.2) is 8.78 Å². The fourth-order valence-electron chi connectivity index (χ4n) is 2.14. The number of likely N-dealkylation sites (tertiary alicyclic amines) is 1. The molecule has 1 saturated heterocycles. The molecule has 0 N–H and O–H groups in total. The van der Waals surface area contributed by atoms with Gasteiger partial charge in [-0.1, -0.05) is 0 Å². The van der Waals surface area contributed by atoms with E-state index < -0.39 is 29.4 Å². The molecule has 0 bridgehead atoms. The van der Waals surface area contributed by atoms with E-state index in [1.807, 2.05) is 0 Å². The number of amides is 1. The summed E-state index contributed by atoms with van der Waals surface area (Å²) in [6.07, 6.45) is 0.468. The molecule has 0 saturated carbocycles. The molecule has 4 nitrogen and oxygen atoms in total. The third-order valence-electron chi connectivity index (χ3n) is 3.17. The van der Waals surface area contributed by atoms with Crippen LogP contribution in [0.25, 0.3) is 0 Å². The Kier molecular flexibility index (Phi) is 3.78. The summed E-state index contributed by atoms with van der Waals surface area (Å²) in [4.78, 5) is 24.7. The molecule has 1 heterocycles. The van der Waals surface area contributed by atoms with Gasteiger partial charge < -0.3 is 9.64 Å². The first-order valence-electron chi connectivity index (χ1n) is 5.85. The lowest BCUT2D eigenvalue weighted by Crippen LogP contribution is -2.30. The van der Waals surface area contributed by atoms with E-state index in [0.717, 1.165) is 18.2 Å². The average Bonchev–Trinajstić information content (AvgIpc) is 2.89. The smallest absolute Gasteiger partial charge is 0.310 e. The highest BCUT2D eigenvalue weighted by Crippen LogP contribution is 2.21. The van der Waals surface area contributed by atoms with Crippen LogP contribution in [0.15, 0.2) is 18.2 Å². The van der Waals surface area contributed by atoms with Crippen molar-refractivity contribution in [2.75, 3.05) is 20.2 Å². The van der Waals surface area contributed by atoms with Gasteiger partial charge in [0.05, 0.1) is 18.6 Å². The highest BCUT2D eigenvalue weighted by molar-refractivity contribution is 5.95. The minimum Gasteiger partial charge on any atom is -0.469 e. The van der Waals surface area contributed by atoms with Gasteiger partial charge in [-0.05, 0) is 24.6 Å². The number of halogens is 2. The van der Waals surface area contributed by atoms with E-state index in [4.69, 9.17) is 0 Å². The molecule has 1 aromatic rings. The van der Waals surface area contributed by atoms with Crippen molar-refractivity contribution < 1.29 is 23.1 Å². The number of benzene rings is 1. The molecule has 0 radical (unpaired) electrons. The van der Waals surface area contributed by atoms with Crippen molar-refractivity contribution in [3.05, 3.63) is 35.4 Å². The van der Waals surface area contributed by atoms with Crippen LogP contribution in [0.3, 0.4) is 0 Å². The first-order chi connectivity index (χ1) is 9.02. The molecule has 1 aliphatic rings. The molecule has 2 rings (SSSR count). The molecule has 1 unspecified atom stereocenters. The normalized spacial score (nSPS) is 18.5. The second-order valence-electron chi connectivity index (χ2n) is 4.38. The molecular formula is C13H13F2NO3. The minimum atomic E-state index is -0.770. The van der Waals surface area contributed by atoms with Crippen LogP contribution in [0.1, 0.15) is 16.8 Å². The third kappa shape index (κ3) is 2.72. The van der Waals surface area contributed by atoms with Gasteiger partial charge in [0.2, 0.25) is 0 Å². The molecular weight excluding hydrogens is 256 g/mol. The molecule has 0 aliphatic carbocycles. The predicted octanol–water partition coefficient (Wildman–Crippen LogP) is 1.60. The molecule has 1 amide bonds. The van der Waals surface area contributed by atoms with E-state index in [0.29, 0.717) is 13.0 Å². The predicted molar refractivity (Wildman–Crippen MR) is 62.4 cm³/mol. The Hall–Kier alpha value is -1.98. The number of rotatable bonds is 2. The largest absolute Gasteiger partial charge is 0.469 e. The van der Waals surface area contributed by atoms with Gasteiger partial charge in [0, 0.05) is 13.1 Å². The molecule has 1 aromatic carbocycles. The van der Waals surface area contributed by atoms with Gasteiger partial charge in [-0.2, -0.15) is 0 Å². The Balaban J connectivity index is 2.13. The maximum absolute atomic E-state index is 13.5. The average molecular weight is 269 g/mol. The van der Waals surface area contributed by atoms with Crippen LogP contribution in [-0.4, -0.2) is 37.0 Å². The van der Waals surface area contributed by atoms with Crippen molar-refractivity contribution in [1.82, 2.24) is 4.90 Å². The maximum atomic E-state index is 13.5. The second kappa shape index (κ2) is 5.34. The molecule has 1 fully saturated rings. The third-order valence-corrected chi connectivity index (χ3v) is 3.17. The monoisotopic (exact) mass is 269 g/mol. The SMILES string of the molecule is COC(=O)C1CCN(C(=O)c2cc(F)ccc2F)C1. The maximum Gasteiger partial charge on any atom is 0.310 e. The lowest BCUT2D eigenvalue weighted by molar-refractivity contribution is -0.144. The number of carbonyl (C=O) groups excluding carboxylic acids is 2. The summed E-state index contributed by atoms with van der Waals surface area (Å²) in [5, 5.41) is 0. The lowest BCUT2D eigenvalue weighted by atomic mass is 10.1. The van der Waals surface area contributed by atoms with Gasteiger partial charge in [0.1, 0.15) is 11.6 Å². The number of carbonyl (C=O) groups is 2. The Morgan fingerprint density at radius 3 is 2.79 bits per heavy atom. The zero-order chi connectivity index (χ0) is 14.0. The highest BCUT2D eigenvalue weighted by Gasteiger charge is 2.33. The summed E-state index contributed by atoms with van der Waals surface area (Å²) in [6, 6.07) is 2.73. The first-order valence-corrected chi connectivity index (χ1v) is 5.85. The van der Waals surface area contributed by atoms with Gasteiger partial charge in [0.15, 0.2) is 0 Å². The second-order valence-corrected chi connectivity index (χ2v) is 4.38. The van der Waals surface area contributed by atoms with Gasteiger partial charge >= 0.3 is 5.97 Å². The van der Waals surface area contributed by atoms with Crippen LogP contribution >= 0.6 is 0 Å². The summed E-state index contributed by atoms with van der Waals surface area (Å²) in [5.74, 6) is -2.84. The number of methoxy groups -OCH3 is 1. The number of hydrogen-bond acceptors (Lipinski definition) is 3. The van der Waals surface area contributed by atoms with Crippen LogP contribution < -0.4 is 0 Å². The molecule has 1 atom stereocenters. The summed E-state index contributed by atoms with van der Waals surface area (Å²) in [7, 11) is 1.28. The standard InChI is InChI=1S/C13H13F2NO3/c1-19-13(18)8-4-5-16(7-8)12(17)10-6-9(14)2-3-11(10)15/h2-3,6,8H,4-5,7H2,1H3. The van der Waals surface area contributed by atoms with Crippen molar-refractivity contribution >= 4 is 11.9 Å². The Morgan fingerprint density at radius 1 is 1.37 bits per heavy atom. The fraction of sp³-hybridized carbons (Fsp3) is 0.385. The molecule has 19 heavy (non-hydrogen) atoms. The van der Waals surface area contributed by atoms with Crippen LogP contribution in [0.5, 0.6) is 0 Å². The fourth-order valence-corrected chi connectivity index (χ4v) is 2.14. The Bertz CT molecular complexity index is 519. The minimum absolute atomic E-state index is 0.168. The van der Waals surface area contributed by atoms with E-state index in [-0.39, 0.29) is 12.1 Å². The van der Waals surface area contributed by atoms with Crippen LogP contribution in [-0.2, 0) is 9.53 Å². The highest BCUT2D eigenvalue weighted by atomic mass is 19.1. The van der Waals surface area contributed by atoms with E-state index >= 15 is 0 Å². The summed E-state index contributed by atoms with van der Waals surface area (Å²) >= 11 is 0. The first kappa shape index (κ1) is 13.5. The Morgan fingerprint density at radius 2 is 2.11 bits per heavy atom. The summed E-state index contributed by atoms with van der Waals surface area (Å²) < 4.78 is 31.1. The topological polar surface area (TPSA) is 46.6 Å². The number of hydrogen-bond donors (Lipinski definition) is 0. The molecule has 0 aromatic heterocycles. The molecule has 0 spiro atoms. The van der Waals surface area contributed by atoms with Crippen molar-refractivity contribution in [1.29, 1.82) is 0 Å². The van der Waals surface area contributed by atoms with Gasteiger partial charge in [-0.3, -0.25) is 9.59 Å². The number of nitrogens with zero attached hydrogens (tertiary/aromatic N) is 1. The van der Waals surface area contributed by atoms with Crippen molar-refractivity contribution in [2.45, 2.75) is 6.42 Å². The van der Waals surface area contributed by atoms with E-state index in [1.165, 1.54) is 12.0 Å². The quantitative estimate of drug-likeness (QED) is 0.766. The zero-order valence-electron chi connectivity index (χ0n) is 10.4. The number of esters is 1. The molecule has 102 valence electrons. The number of ether oxygens (including phenoxy) is 1. The Labute approximate surface area is 109 Å². The summed E-state index contributed by atoms with van der Waals surface area (Å²) in [6.45, 7) is 0.496. The molecule has 6 heteroatoms. The van der Waals surface area contributed by atoms with Crippen molar-refractivity contribution in [3.8, 4) is 0 Å². The van der Waals surface area contributed by atoms with E-state index in [1.54, 1.807) is 0 Å². The van der Waals surface area contributed by atoms with Gasteiger partial charge in [0.25, 0.3) is 5.91 Å². The van der Waals surface area contributed by atoms with E-state index in [2.05, 4.69) is 4.74 Å². The van der Waals surface area contributed by atoms with Crippen LogP contribution in [0, 0.1) is 17.6 Å². The van der Waals surface area contributed by atoms with Crippen LogP contribution in [0.2, 0.25) is 0 Å². The summed E-state index contributed by atoms with van der Waals surface area (Å²) in [5.41, 5.74) is -0.314. The van der Waals surface area contributed by atoms with Crippen molar-refractivity contribution in [2.24, 2.45) is 5.92 Å². The lowest BCUT2D eigenvalue weighted by Gasteiger charge is -2.16. The van der Waals surface area contributed by atoms with Crippen molar-refractivity contribution in [3.63, 3.8) is 0 Å². The van der Waals surface area contributed by atoms with E-state index in [9.17, 15) is 18.4 Å². The zero-order valence-corrected chi connectivity index (χ0v) is 10.4.